The Hall–Kier alpha value is -2.16. The molecule has 1 amide bonds. The number of carbonyl (C=O) groups excluding carboxylic acids is 2. The van der Waals surface area contributed by atoms with Crippen LogP contribution in [0.3, 0.4) is 0 Å². The summed E-state index contributed by atoms with van der Waals surface area (Å²) in [6, 6.07) is 0. The van der Waals surface area contributed by atoms with Crippen LogP contribution in [0.25, 0.3) is 0 Å². The van der Waals surface area contributed by atoms with Gasteiger partial charge in [-0.15, -0.1) is 5.48 Å². The van der Waals surface area contributed by atoms with E-state index in [9.17, 15) is 9.59 Å². The molecule has 0 aliphatic rings. The van der Waals surface area contributed by atoms with E-state index in [1.54, 1.807) is 13.8 Å². The van der Waals surface area contributed by atoms with Crippen LogP contribution in [-0.4, -0.2) is 50.6 Å². The minimum atomic E-state index is -0.609. The lowest BCUT2D eigenvalue weighted by Gasteiger charge is -2.03. The Morgan fingerprint density at radius 2 is 1.86 bits per heavy atom. The summed E-state index contributed by atoms with van der Waals surface area (Å²) in [7, 11) is 1.40. The molecule has 0 unspecified atom stereocenters. The van der Waals surface area contributed by atoms with Crippen LogP contribution < -0.4 is 21.2 Å². The number of nitrogens with two attached hydrogens (primary N) is 1. The summed E-state index contributed by atoms with van der Waals surface area (Å²) >= 11 is 0. The number of carbonyl (C=O) groups is 2. The molecule has 0 atom stereocenters. The monoisotopic (exact) mass is 304 g/mol. The lowest BCUT2D eigenvalue weighted by molar-refractivity contribution is -0.464. The van der Waals surface area contributed by atoms with Crippen LogP contribution in [0, 0.1) is 0 Å². The van der Waals surface area contributed by atoms with Crippen molar-refractivity contribution >= 4 is 23.7 Å². The van der Waals surface area contributed by atoms with Crippen molar-refractivity contribution in [1.82, 2.24) is 10.8 Å². The van der Waals surface area contributed by atoms with Gasteiger partial charge in [-0.1, -0.05) is 0 Å². The average molecular weight is 304 g/mol. The third kappa shape index (κ3) is 9.38. The van der Waals surface area contributed by atoms with Gasteiger partial charge in [-0.25, -0.2) is 14.4 Å². The highest BCUT2D eigenvalue weighted by Crippen LogP contribution is 1.88. The third-order valence-corrected chi connectivity index (χ3v) is 2.17. The summed E-state index contributed by atoms with van der Waals surface area (Å²) in [4.78, 5) is 30.1. The summed E-state index contributed by atoms with van der Waals surface area (Å²) in [6.45, 7) is 4.42. The minimum Gasteiger partial charge on any atom is -0.458 e. The fourth-order valence-electron chi connectivity index (χ4n) is 1.30. The van der Waals surface area contributed by atoms with Crippen LogP contribution in [0.15, 0.2) is 0 Å². The van der Waals surface area contributed by atoms with Crippen LogP contribution in [0.1, 0.15) is 26.7 Å². The lowest BCUT2D eigenvalue weighted by Crippen LogP contribution is -2.80. The Labute approximate surface area is 123 Å². The molecule has 0 aliphatic carbocycles. The van der Waals surface area contributed by atoms with Crippen molar-refractivity contribution in [3.8, 4) is 0 Å². The molecular formula is C12H24N4O5+2. The molecule has 0 bridgehead atoms. The molecular weight excluding hydrogens is 280 g/mol. The number of rotatable bonds is 8. The van der Waals surface area contributed by atoms with E-state index in [2.05, 4.69) is 15.8 Å². The first-order chi connectivity index (χ1) is 10.0. The smallest absolute Gasteiger partial charge is 0.458 e. The first-order valence-corrected chi connectivity index (χ1v) is 6.67. The Morgan fingerprint density at radius 1 is 1.19 bits per heavy atom. The molecule has 0 aromatic carbocycles. The van der Waals surface area contributed by atoms with Gasteiger partial charge in [0.1, 0.15) is 0 Å². The summed E-state index contributed by atoms with van der Waals surface area (Å²) in [5, 5.41) is 8.01. The second-order valence-corrected chi connectivity index (χ2v) is 3.80. The van der Waals surface area contributed by atoms with Gasteiger partial charge in [0.2, 0.25) is 0 Å². The molecule has 21 heavy (non-hydrogen) atoms. The van der Waals surface area contributed by atoms with Crippen molar-refractivity contribution in [3.63, 3.8) is 0 Å². The van der Waals surface area contributed by atoms with E-state index >= 15 is 0 Å². The van der Waals surface area contributed by atoms with Gasteiger partial charge in [0.25, 0.3) is 5.71 Å². The van der Waals surface area contributed by atoms with Gasteiger partial charge < -0.3 is 9.47 Å². The molecule has 0 heterocycles. The number of ether oxygens (including phenoxy) is 2. The van der Waals surface area contributed by atoms with Crippen LogP contribution in [0.4, 0.5) is 4.79 Å². The fourth-order valence-corrected chi connectivity index (χ4v) is 1.30. The topological polar surface area (TPSA) is 125 Å². The third-order valence-electron chi connectivity index (χ3n) is 2.17. The number of nitrogens with one attached hydrogen (secondary N) is 3. The van der Waals surface area contributed by atoms with Gasteiger partial charge in [0.15, 0.2) is 0 Å². The Kier molecular flexibility index (Phi) is 10.5. The summed E-state index contributed by atoms with van der Waals surface area (Å²) in [5.41, 5.74) is 2.63. The molecule has 120 valence electrons. The average Bonchev–Trinajstić information content (AvgIpc) is 2.43. The number of hydrogen-bond acceptors (Lipinski definition) is 5. The standard InChI is InChI=1S/C12H22N4O5/c1-4-20-10(17)9(13)7-6-8-14-11(16-19-3)15-12(18)21-5-2/h13H,4-8H2,1-3H3,(H2,14,15,16,18)/p+2. The zero-order valence-corrected chi connectivity index (χ0v) is 12.7. The van der Waals surface area contributed by atoms with E-state index in [4.69, 9.17) is 19.7 Å². The lowest BCUT2D eigenvalue weighted by atomic mass is 10.2. The zero-order valence-electron chi connectivity index (χ0n) is 12.7. The van der Waals surface area contributed by atoms with Crippen molar-refractivity contribution < 1.29 is 34.3 Å². The summed E-state index contributed by atoms with van der Waals surface area (Å²) in [6.07, 6.45) is 0.345. The van der Waals surface area contributed by atoms with Crippen LogP contribution in [0.5, 0.6) is 0 Å². The van der Waals surface area contributed by atoms with Crippen LogP contribution in [0.2, 0.25) is 0 Å². The largest absolute Gasteiger partial charge is 0.476 e. The number of hydrogen-bond donors (Lipinski definition) is 4. The predicted molar refractivity (Wildman–Crippen MR) is 73.9 cm³/mol. The van der Waals surface area contributed by atoms with Crippen molar-refractivity contribution in [1.29, 1.82) is 0 Å². The number of alkyl carbamates (subject to hydrolysis) is 1. The van der Waals surface area contributed by atoms with Gasteiger partial charge in [-0.2, -0.15) is 5.32 Å². The number of amides is 1. The normalized spacial score (nSPS) is 10.7. The highest BCUT2D eigenvalue weighted by Gasteiger charge is 2.16. The molecule has 9 nitrogen and oxygen atoms in total. The van der Waals surface area contributed by atoms with Crippen molar-refractivity contribution in [2.45, 2.75) is 26.7 Å². The SMILES string of the molecule is CCOC(=O)NC(NOC)=[NH+]CCCC(=[NH2+])C(=O)OCC. The maximum Gasteiger partial charge on any atom is 0.476 e. The second-order valence-electron chi connectivity index (χ2n) is 3.80. The molecule has 5 N–H and O–H groups in total. The van der Waals surface area contributed by atoms with Gasteiger partial charge >= 0.3 is 18.0 Å². The maximum absolute atomic E-state index is 11.3. The number of guanidine groups is 1. The van der Waals surface area contributed by atoms with Gasteiger partial charge in [0.05, 0.1) is 26.9 Å². The molecule has 0 fully saturated rings. The maximum atomic E-state index is 11.3. The number of esters is 1. The predicted octanol–water partition coefficient (Wildman–Crippen LogP) is -3.14. The highest BCUT2D eigenvalue weighted by molar-refractivity contribution is 6.33. The molecule has 0 aromatic rings. The summed E-state index contributed by atoms with van der Waals surface area (Å²) in [5.74, 6) is -0.257. The molecule has 0 saturated heterocycles. The van der Waals surface area contributed by atoms with Gasteiger partial charge in [-0.3, -0.25) is 10.4 Å². The molecule has 9 heteroatoms. The van der Waals surface area contributed by atoms with E-state index in [1.165, 1.54) is 7.11 Å². The van der Waals surface area contributed by atoms with Crippen molar-refractivity contribution in [3.05, 3.63) is 0 Å². The Morgan fingerprint density at radius 3 is 2.43 bits per heavy atom. The van der Waals surface area contributed by atoms with Gasteiger partial charge in [0, 0.05) is 6.42 Å². The fraction of sp³-hybridized carbons (Fsp3) is 0.667. The molecule has 0 aromatic heterocycles. The van der Waals surface area contributed by atoms with E-state index in [0.717, 1.165) is 0 Å². The molecule has 0 aliphatic heterocycles. The first-order valence-electron chi connectivity index (χ1n) is 6.67. The number of hydroxylamine groups is 1. The van der Waals surface area contributed by atoms with Crippen LogP contribution in [-0.2, 0) is 19.1 Å². The van der Waals surface area contributed by atoms with E-state index < -0.39 is 12.1 Å². The molecule has 0 saturated carbocycles. The molecule has 0 spiro atoms. The van der Waals surface area contributed by atoms with Gasteiger partial charge in [-0.05, 0) is 20.3 Å². The second kappa shape index (κ2) is 11.6. The summed E-state index contributed by atoms with van der Waals surface area (Å²) < 4.78 is 9.50. The van der Waals surface area contributed by atoms with E-state index in [1.807, 2.05) is 0 Å². The quantitative estimate of drug-likeness (QED) is 0.123. The zero-order chi connectivity index (χ0) is 16.1. The molecule has 0 radical (unpaired) electrons. The van der Waals surface area contributed by atoms with Crippen molar-refractivity contribution in [2.75, 3.05) is 26.9 Å². The minimum absolute atomic E-state index is 0.165. The Balaban J connectivity index is 4.17. The van der Waals surface area contributed by atoms with E-state index in [0.29, 0.717) is 19.4 Å². The highest BCUT2D eigenvalue weighted by atomic mass is 16.6. The van der Waals surface area contributed by atoms with Crippen molar-refractivity contribution in [2.24, 2.45) is 0 Å². The Bertz CT molecular complexity index is 384. The first kappa shape index (κ1) is 18.8. The van der Waals surface area contributed by atoms with E-state index in [-0.39, 0.29) is 24.9 Å². The van der Waals surface area contributed by atoms with Crippen LogP contribution >= 0.6 is 0 Å². The molecule has 0 rings (SSSR count).